The first-order valence-corrected chi connectivity index (χ1v) is 7.77. The molecule has 1 N–H and O–H groups in total. The van der Waals surface area contributed by atoms with Crippen LogP contribution in [0, 0.1) is 17.8 Å². The standard InChI is InChI=1S/C11H12F2O7S/c12-11(13,21(16,17)18)10(15)20-8-4-1-5-6(2-4)9(8)19-3-7(5)14/h4-6,8-9H,1-3H2,(H,16,17,18). The van der Waals surface area contributed by atoms with Gasteiger partial charge in [0.05, 0.1) is 6.10 Å². The summed E-state index contributed by atoms with van der Waals surface area (Å²) >= 11 is 0. The third-order valence-electron chi connectivity index (χ3n) is 4.50. The van der Waals surface area contributed by atoms with Crippen LogP contribution in [0.25, 0.3) is 0 Å². The molecule has 1 saturated heterocycles. The summed E-state index contributed by atoms with van der Waals surface area (Å²) in [5.74, 6) is -3.07. The van der Waals surface area contributed by atoms with Crippen LogP contribution in [0.15, 0.2) is 0 Å². The molecule has 3 aliphatic rings. The molecule has 7 nitrogen and oxygen atoms in total. The average Bonchev–Trinajstić information content (AvgIpc) is 2.93. The molecule has 0 aromatic carbocycles. The van der Waals surface area contributed by atoms with Crippen LogP contribution < -0.4 is 0 Å². The van der Waals surface area contributed by atoms with Gasteiger partial charge in [-0.1, -0.05) is 0 Å². The molecule has 0 radical (unpaired) electrons. The van der Waals surface area contributed by atoms with Crippen LogP contribution in [0.5, 0.6) is 0 Å². The summed E-state index contributed by atoms with van der Waals surface area (Å²) in [5, 5.41) is -5.02. The third-order valence-corrected chi connectivity index (χ3v) is 5.31. The minimum absolute atomic E-state index is 0.0493. The zero-order valence-corrected chi connectivity index (χ0v) is 11.4. The number of Topliss-reactive ketones (excluding diaryl/α,β-unsaturated/α-hetero) is 1. The van der Waals surface area contributed by atoms with Crippen molar-refractivity contribution in [3.63, 3.8) is 0 Å². The number of carbonyl (C=O) groups is 2. The van der Waals surface area contributed by atoms with E-state index in [1.54, 1.807) is 0 Å². The molecule has 2 bridgehead atoms. The van der Waals surface area contributed by atoms with E-state index in [1.807, 2.05) is 0 Å². The van der Waals surface area contributed by atoms with E-state index >= 15 is 0 Å². The molecule has 5 unspecified atom stereocenters. The molecule has 0 aromatic rings. The summed E-state index contributed by atoms with van der Waals surface area (Å²) in [5.41, 5.74) is 0. The van der Waals surface area contributed by atoms with Crippen LogP contribution in [0.4, 0.5) is 8.78 Å². The molecule has 21 heavy (non-hydrogen) atoms. The highest BCUT2D eigenvalue weighted by molar-refractivity contribution is 7.87. The number of ether oxygens (including phenoxy) is 2. The lowest BCUT2D eigenvalue weighted by atomic mass is 9.80. The molecule has 0 aromatic heterocycles. The van der Waals surface area contributed by atoms with Gasteiger partial charge in [0.2, 0.25) is 0 Å². The highest BCUT2D eigenvalue weighted by atomic mass is 32.2. The normalized spacial score (nSPS) is 38.6. The second-order valence-corrected chi connectivity index (χ2v) is 7.07. The molecule has 5 atom stereocenters. The van der Waals surface area contributed by atoms with Crippen LogP contribution in [-0.4, -0.2) is 48.8 Å². The Morgan fingerprint density at radius 3 is 2.67 bits per heavy atom. The van der Waals surface area contributed by atoms with Gasteiger partial charge in [-0.2, -0.15) is 17.2 Å². The van der Waals surface area contributed by atoms with Gasteiger partial charge in [0.15, 0.2) is 5.78 Å². The van der Waals surface area contributed by atoms with Crippen molar-refractivity contribution in [1.29, 1.82) is 0 Å². The summed E-state index contributed by atoms with van der Waals surface area (Å²) in [6, 6.07) is 0. The Morgan fingerprint density at radius 2 is 2.05 bits per heavy atom. The molecule has 0 spiro atoms. The Labute approximate surface area is 118 Å². The SMILES string of the molecule is O=C1COC2C3CC(CC13)C2OC(=O)C(F)(F)S(=O)(=O)O. The number of hydrogen-bond donors (Lipinski definition) is 1. The lowest BCUT2D eigenvalue weighted by Gasteiger charge is -2.38. The van der Waals surface area contributed by atoms with E-state index in [-0.39, 0.29) is 30.1 Å². The fourth-order valence-electron chi connectivity index (χ4n) is 3.59. The fraction of sp³-hybridized carbons (Fsp3) is 0.818. The van der Waals surface area contributed by atoms with Gasteiger partial charge >= 0.3 is 21.3 Å². The van der Waals surface area contributed by atoms with Crippen molar-refractivity contribution >= 4 is 21.9 Å². The number of fused-ring (bicyclic) bond motifs is 1. The molecular formula is C11H12F2O7S. The van der Waals surface area contributed by atoms with Gasteiger partial charge in [0.25, 0.3) is 0 Å². The number of rotatable bonds is 3. The van der Waals surface area contributed by atoms with Crippen LogP contribution in [-0.2, 0) is 29.2 Å². The van der Waals surface area contributed by atoms with Crippen molar-refractivity contribution in [3.8, 4) is 0 Å². The second kappa shape index (κ2) is 4.43. The summed E-state index contributed by atoms with van der Waals surface area (Å²) < 4.78 is 65.6. The van der Waals surface area contributed by atoms with Gasteiger partial charge in [-0.05, 0) is 24.7 Å². The minimum atomic E-state index is -5.89. The lowest BCUT2D eigenvalue weighted by molar-refractivity contribution is -0.187. The fourth-order valence-corrected chi connectivity index (χ4v) is 3.85. The van der Waals surface area contributed by atoms with E-state index in [2.05, 4.69) is 4.74 Å². The van der Waals surface area contributed by atoms with Gasteiger partial charge < -0.3 is 9.47 Å². The highest BCUT2D eigenvalue weighted by Gasteiger charge is 2.62. The summed E-state index contributed by atoms with van der Waals surface area (Å²) in [6.07, 6.45) is -0.762. The smallest absolute Gasteiger partial charge is 0.454 e. The maximum atomic E-state index is 13.2. The average molecular weight is 326 g/mol. The predicted octanol–water partition coefficient (Wildman–Crippen LogP) is 0.00270. The molecule has 3 fully saturated rings. The number of carbonyl (C=O) groups excluding carboxylic acids is 2. The second-order valence-electron chi connectivity index (χ2n) is 5.61. The van der Waals surface area contributed by atoms with Gasteiger partial charge in [-0.3, -0.25) is 9.35 Å². The maximum Gasteiger partial charge on any atom is 0.465 e. The number of hydrogen-bond acceptors (Lipinski definition) is 6. The first-order chi connectivity index (χ1) is 9.63. The molecule has 10 heteroatoms. The molecule has 2 aliphatic carbocycles. The Balaban J connectivity index is 1.76. The topological polar surface area (TPSA) is 107 Å². The monoisotopic (exact) mass is 326 g/mol. The molecule has 0 amide bonds. The van der Waals surface area contributed by atoms with Crippen molar-refractivity contribution in [3.05, 3.63) is 0 Å². The van der Waals surface area contributed by atoms with Crippen molar-refractivity contribution in [1.82, 2.24) is 0 Å². The van der Waals surface area contributed by atoms with Crippen molar-refractivity contribution in [2.24, 2.45) is 17.8 Å². The Morgan fingerprint density at radius 1 is 1.38 bits per heavy atom. The summed E-state index contributed by atoms with van der Waals surface area (Å²) in [6.45, 7) is -0.165. The van der Waals surface area contributed by atoms with Gasteiger partial charge in [0, 0.05) is 5.92 Å². The van der Waals surface area contributed by atoms with E-state index in [1.165, 1.54) is 0 Å². The van der Waals surface area contributed by atoms with Crippen molar-refractivity contribution in [2.75, 3.05) is 6.61 Å². The molecule has 3 rings (SSSR count). The van der Waals surface area contributed by atoms with E-state index in [0.717, 1.165) is 0 Å². The summed E-state index contributed by atoms with van der Waals surface area (Å²) in [4.78, 5) is 22.9. The Bertz CT molecular complexity index is 602. The van der Waals surface area contributed by atoms with Gasteiger partial charge in [0.1, 0.15) is 12.7 Å². The molecular weight excluding hydrogens is 314 g/mol. The molecule has 2 saturated carbocycles. The van der Waals surface area contributed by atoms with Crippen molar-refractivity contribution in [2.45, 2.75) is 30.3 Å². The molecule has 1 aliphatic heterocycles. The Kier molecular flexibility index (Phi) is 3.12. The van der Waals surface area contributed by atoms with Crippen LogP contribution in [0.2, 0.25) is 0 Å². The number of halogens is 2. The number of ketones is 1. The van der Waals surface area contributed by atoms with Gasteiger partial charge in [-0.25, -0.2) is 4.79 Å². The van der Waals surface area contributed by atoms with E-state index in [4.69, 9.17) is 9.29 Å². The van der Waals surface area contributed by atoms with E-state index in [0.29, 0.717) is 12.8 Å². The zero-order valence-electron chi connectivity index (χ0n) is 10.6. The Hall–Kier alpha value is -1.13. The van der Waals surface area contributed by atoms with Gasteiger partial charge in [-0.15, -0.1) is 0 Å². The largest absolute Gasteiger partial charge is 0.465 e. The quantitative estimate of drug-likeness (QED) is 0.575. The zero-order chi connectivity index (χ0) is 15.6. The van der Waals surface area contributed by atoms with Crippen LogP contribution >= 0.6 is 0 Å². The first-order valence-electron chi connectivity index (χ1n) is 6.33. The minimum Gasteiger partial charge on any atom is -0.454 e. The first kappa shape index (κ1) is 14.8. The highest BCUT2D eigenvalue weighted by Crippen LogP contribution is 2.53. The van der Waals surface area contributed by atoms with Crippen molar-refractivity contribution < 1.29 is 40.8 Å². The molecule has 118 valence electrons. The lowest BCUT2D eigenvalue weighted by Crippen LogP contribution is -2.51. The molecule has 1 heterocycles. The number of esters is 1. The summed E-state index contributed by atoms with van der Waals surface area (Å²) in [7, 11) is -5.89. The van der Waals surface area contributed by atoms with E-state index < -0.39 is 33.5 Å². The third kappa shape index (κ3) is 2.08. The van der Waals surface area contributed by atoms with E-state index in [9.17, 15) is 26.8 Å². The van der Waals surface area contributed by atoms with Crippen LogP contribution in [0.3, 0.4) is 0 Å². The predicted molar refractivity (Wildman–Crippen MR) is 60.8 cm³/mol. The number of alkyl halides is 2. The maximum absolute atomic E-state index is 13.2. The van der Waals surface area contributed by atoms with Crippen LogP contribution in [0.1, 0.15) is 12.8 Å².